The standard InChI is InChI=1S/C64H53N3S5/c1-6-7-8-9-14-43-25-30-57(68-43)58-35-36-60(71-58)59-34-33-56(70-59)49-29-28-48(61-62(49)66-72-65-61)55-32-31-54(69-55)39-19-21-40(22-20-39)67(41-23-26-46-44-15-10-12-17-50(44)63(2,3)52(46)37-41)42-24-27-47-45-16-11-13-18-51(45)64(4,5)53(47)38-42/h10-13,15-38H,6-9,14H2,1-5H3. The Balaban J connectivity index is 0.790. The van der Waals surface area contributed by atoms with Crippen LogP contribution in [0, 0.1) is 0 Å². The minimum Gasteiger partial charge on any atom is -0.310 e. The molecule has 0 atom stereocenters. The summed E-state index contributed by atoms with van der Waals surface area (Å²) in [6, 6.07) is 64.0. The largest absolute Gasteiger partial charge is 0.310 e. The van der Waals surface area contributed by atoms with Crippen LogP contribution >= 0.6 is 57.1 Å². The molecule has 5 aromatic heterocycles. The number of hydrogen-bond donors (Lipinski definition) is 0. The summed E-state index contributed by atoms with van der Waals surface area (Å²) < 4.78 is 9.81. The lowest BCUT2D eigenvalue weighted by atomic mass is 9.82. The van der Waals surface area contributed by atoms with E-state index in [4.69, 9.17) is 8.75 Å². The van der Waals surface area contributed by atoms with Crippen LogP contribution in [0.15, 0.2) is 170 Å². The van der Waals surface area contributed by atoms with Crippen LogP contribution in [-0.2, 0) is 17.3 Å². The van der Waals surface area contributed by atoms with Gasteiger partial charge in [-0.1, -0.05) is 139 Å². The molecule has 0 unspecified atom stereocenters. The quantitative estimate of drug-likeness (QED) is 0.108. The molecular formula is C64H53N3S5. The van der Waals surface area contributed by atoms with E-state index in [9.17, 15) is 0 Å². The Kier molecular flexibility index (Phi) is 11.4. The van der Waals surface area contributed by atoms with Gasteiger partial charge in [-0.05, 0) is 148 Å². The second-order valence-electron chi connectivity index (χ2n) is 20.4. The molecule has 0 bridgehead atoms. The average Bonchev–Trinajstić information content (AvgIpc) is 4.29. The molecule has 6 aromatic carbocycles. The summed E-state index contributed by atoms with van der Waals surface area (Å²) >= 11 is 8.82. The lowest BCUT2D eigenvalue weighted by Gasteiger charge is -2.30. The number of anilines is 3. The Bertz CT molecular complexity index is 3730. The fourth-order valence-corrected chi connectivity index (χ4v) is 16.3. The molecule has 0 saturated heterocycles. The normalized spacial score (nSPS) is 13.8. The SMILES string of the molecule is CCCCCCc1ccc(-c2ccc(-c3ccc(-c4ccc(-c5ccc(-c6ccc(N(c7ccc8c(c7)C(C)(C)c7ccccc7-8)c7ccc8c(c7)C(C)(C)c7ccccc7-8)cc6)s5)c5nsnc45)s3)s2)s1. The highest BCUT2D eigenvalue weighted by atomic mass is 32.1. The molecular weight excluding hydrogens is 971 g/mol. The van der Waals surface area contributed by atoms with Gasteiger partial charge in [-0.25, -0.2) is 0 Å². The van der Waals surface area contributed by atoms with Gasteiger partial charge in [0.15, 0.2) is 0 Å². The molecule has 0 fully saturated rings. The first-order chi connectivity index (χ1) is 35.1. The zero-order valence-corrected chi connectivity index (χ0v) is 45.2. The maximum atomic E-state index is 4.91. The number of rotatable bonds is 13. The highest BCUT2D eigenvalue weighted by Gasteiger charge is 2.38. The van der Waals surface area contributed by atoms with Crippen molar-refractivity contribution in [3.8, 4) is 73.1 Å². The van der Waals surface area contributed by atoms with E-state index in [0.717, 1.165) is 39.2 Å². The summed E-state index contributed by atoms with van der Waals surface area (Å²) in [4.78, 5) is 12.9. The number of thiophene rings is 4. The molecule has 8 heteroatoms. The molecule has 0 saturated carbocycles. The lowest BCUT2D eigenvalue weighted by molar-refractivity contribution is 0.660. The van der Waals surface area contributed by atoms with E-state index in [1.807, 2.05) is 45.3 Å². The van der Waals surface area contributed by atoms with Gasteiger partial charge in [0.2, 0.25) is 0 Å². The Hall–Kier alpha value is -6.26. The zero-order valence-electron chi connectivity index (χ0n) is 41.1. The minimum absolute atomic E-state index is 0.110. The molecule has 2 aliphatic carbocycles. The van der Waals surface area contributed by atoms with Crippen LogP contribution < -0.4 is 4.90 Å². The van der Waals surface area contributed by atoms with E-state index >= 15 is 0 Å². The van der Waals surface area contributed by atoms with Gasteiger partial charge < -0.3 is 4.90 Å². The number of aryl methyl sites for hydroxylation is 1. The Morgan fingerprint density at radius 1 is 0.389 bits per heavy atom. The fraction of sp³-hybridized carbons (Fsp3) is 0.188. The van der Waals surface area contributed by atoms with Gasteiger partial charge in [-0.15, -0.1) is 45.3 Å². The molecule has 2 aliphatic rings. The van der Waals surface area contributed by atoms with Crippen molar-refractivity contribution in [1.82, 2.24) is 8.75 Å². The number of aromatic nitrogens is 2. The zero-order chi connectivity index (χ0) is 48.7. The Morgan fingerprint density at radius 3 is 1.40 bits per heavy atom. The average molecular weight is 1020 g/mol. The van der Waals surface area contributed by atoms with E-state index in [1.54, 1.807) is 0 Å². The summed E-state index contributed by atoms with van der Waals surface area (Å²) in [6.45, 7) is 11.7. The smallest absolute Gasteiger partial charge is 0.114 e. The Labute approximate surface area is 443 Å². The third kappa shape index (κ3) is 7.68. The van der Waals surface area contributed by atoms with Crippen LogP contribution in [-0.4, -0.2) is 8.75 Å². The van der Waals surface area contributed by atoms with Crippen LogP contribution in [0.2, 0.25) is 0 Å². The second kappa shape index (κ2) is 18.0. The van der Waals surface area contributed by atoms with Crippen molar-refractivity contribution >= 4 is 85.2 Å². The summed E-state index contributed by atoms with van der Waals surface area (Å²) in [5.41, 5.74) is 19.5. The minimum atomic E-state index is -0.110. The van der Waals surface area contributed by atoms with Gasteiger partial charge >= 0.3 is 0 Å². The van der Waals surface area contributed by atoms with E-state index < -0.39 is 0 Å². The number of unbranched alkanes of at least 4 members (excludes halogenated alkanes) is 3. The number of benzene rings is 6. The highest BCUT2D eigenvalue weighted by Crippen LogP contribution is 2.54. The van der Waals surface area contributed by atoms with Crippen molar-refractivity contribution in [1.29, 1.82) is 0 Å². The van der Waals surface area contributed by atoms with Crippen molar-refractivity contribution in [2.24, 2.45) is 0 Å². The predicted molar refractivity (Wildman–Crippen MR) is 314 cm³/mol. The number of nitrogens with zero attached hydrogens (tertiary/aromatic N) is 3. The highest BCUT2D eigenvalue weighted by molar-refractivity contribution is 7.27. The van der Waals surface area contributed by atoms with Crippen LogP contribution in [0.5, 0.6) is 0 Å². The Morgan fingerprint density at radius 2 is 0.833 bits per heavy atom. The van der Waals surface area contributed by atoms with Crippen LogP contribution in [0.25, 0.3) is 84.1 Å². The van der Waals surface area contributed by atoms with Crippen molar-refractivity contribution in [3.05, 3.63) is 197 Å². The number of hydrogen-bond acceptors (Lipinski definition) is 8. The van der Waals surface area contributed by atoms with Crippen LogP contribution in [0.3, 0.4) is 0 Å². The molecule has 5 heterocycles. The van der Waals surface area contributed by atoms with Crippen molar-refractivity contribution in [2.75, 3.05) is 4.90 Å². The molecule has 0 spiro atoms. The first-order valence-corrected chi connectivity index (χ1v) is 29.2. The molecule has 13 rings (SSSR count). The molecule has 0 amide bonds. The maximum Gasteiger partial charge on any atom is 0.114 e. The summed E-state index contributed by atoms with van der Waals surface area (Å²) in [5.74, 6) is 0. The van der Waals surface area contributed by atoms with E-state index in [0.29, 0.717) is 0 Å². The van der Waals surface area contributed by atoms with E-state index in [2.05, 4.69) is 209 Å². The van der Waals surface area contributed by atoms with E-state index in [-0.39, 0.29) is 10.8 Å². The van der Waals surface area contributed by atoms with Gasteiger partial charge in [-0.2, -0.15) is 8.75 Å². The van der Waals surface area contributed by atoms with Crippen molar-refractivity contribution in [3.63, 3.8) is 0 Å². The first-order valence-electron chi connectivity index (χ1n) is 25.2. The predicted octanol–water partition coefficient (Wildman–Crippen LogP) is 20.5. The molecule has 0 radical (unpaired) electrons. The first kappa shape index (κ1) is 45.6. The van der Waals surface area contributed by atoms with Gasteiger partial charge in [0.25, 0.3) is 0 Å². The lowest BCUT2D eigenvalue weighted by Crippen LogP contribution is -2.18. The number of fused-ring (bicyclic) bond motifs is 7. The van der Waals surface area contributed by atoms with Crippen molar-refractivity contribution < 1.29 is 0 Å². The second-order valence-corrected chi connectivity index (χ2v) is 25.3. The van der Waals surface area contributed by atoms with Gasteiger partial charge in [0.1, 0.15) is 11.0 Å². The third-order valence-corrected chi connectivity index (χ3v) is 20.7. The fourth-order valence-electron chi connectivity index (χ4n) is 11.4. The van der Waals surface area contributed by atoms with Gasteiger partial charge in [0, 0.05) is 78.0 Å². The molecule has 354 valence electrons. The van der Waals surface area contributed by atoms with Gasteiger partial charge in [0.05, 0.1) is 11.7 Å². The molecule has 3 nitrogen and oxygen atoms in total. The summed E-state index contributed by atoms with van der Waals surface area (Å²) in [7, 11) is 0. The maximum absolute atomic E-state index is 4.91. The van der Waals surface area contributed by atoms with E-state index in [1.165, 1.54) is 133 Å². The van der Waals surface area contributed by atoms with Crippen molar-refractivity contribution in [2.45, 2.75) is 77.6 Å². The molecule has 0 aliphatic heterocycles. The monoisotopic (exact) mass is 1020 g/mol. The van der Waals surface area contributed by atoms with Gasteiger partial charge in [-0.3, -0.25) is 0 Å². The molecule has 11 aromatic rings. The topological polar surface area (TPSA) is 29.0 Å². The summed E-state index contributed by atoms with van der Waals surface area (Å²) in [5, 5.41) is 0. The van der Waals surface area contributed by atoms with Crippen LogP contribution in [0.1, 0.15) is 87.4 Å². The summed E-state index contributed by atoms with van der Waals surface area (Å²) in [6.07, 6.45) is 6.41. The third-order valence-electron chi connectivity index (χ3n) is 15.2. The molecule has 0 N–H and O–H groups in total. The molecule has 72 heavy (non-hydrogen) atoms. The van der Waals surface area contributed by atoms with Crippen LogP contribution in [0.4, 0.5) is 17.1 Å².